The third-order valence-electron chi connectivity index (χ3n) is 5.33. The maximum Gasteiger partial charge on any atom is 0.325 e. The number of carbonyl (C=O) groups excluding carboxylic acids is 2. The zero-order valence-electron chi connectivity index (χ0n) is 18.5. The van der Waals surface area contributed by atoms with E-state index in [1.807, 2.05) is 30.3 Å². The van der Waals surface area contributed by atoms with Crippen molar-refractivity contribution in [1.82, 2.24) is 29.7 Å². The molecule has 0 aliphatic heterocycles. The van der Waals surface area contributed by atoms with Gasteiger partial charge in [-0.3, -0.25) is 9.59 Å². The van der Waals surface area contributed by atoms with Crippen molar-refractivity contribution >= 4 is 40.0 Å². The molecule has 3 aromatic heterocycles. The molecule has 10 nitrogen and oxygen atoms in total. The summed E-state index contributed by atoms with van der Waals surface area (Å²) < 4.78 is 13.9. The lowest BCUT2D eigenvalue weighted by molar-refractivity contribution is -0.139. The quantitative estimate of drug-likeness (QED) is 0.348. The highest BCUT2D eigenvalue weighted by Gasteiger charge is 2.27. The number of hydrogen-bond acceptors (Lipinski definition) is 7. The van der Waals surface area contributed by atoms with Gasteiger partial charge in [0.15, 0.2) is 17.1 Å². The van der Waals surface area contributed by atoms with E-state index in [4.69, 9.17) is 16.3 Å². The number of esters is 1. The Morgan fingerprint density at radius 3 is 2.57 bits per heavy atom. The fraction of sp³-hybridized carbons (Fsp3) is 0.125. The van der Waals surface area contributed by atoms with E-state index >= 15 is 0 Å². The zero-order chi connectivity index (χ0) is 24.4. The standard InChI is InChI=1S/C24H19ClN6O4/c1-34-19(32)12-26-24(33)21-22(35-13-15-5-3-2-4-6-15)20-18(23-27-14-29-31(21)23)11-28-30(20)17-9-7-16(25)8-10-17/h2-11,14H,12-13H2,1H3,(H,26,33). The summed E-state index contributed by atoms with van der Waals surface area (Å²) in [7, 11) is 1.25. The number of carbonyl (C=O) groups is 2. The molecule has 0 aliphatic carbocycles. The first-order chi connectivity index (χ1) is 17.1. The Kier molecular flexibility index (Phi) is 6.02. The number of methoxy groups -OCH3 is 1. The summed E-state index contributed by atoms with van der Waals surface area (Å²) in [4.78, 5) is 29.3. The van der Waals surface area contributed by atoms with Crippen LogP contribution in [-0.4, -0.2) is 49.9 Å². The van der Waals surface area contributed by atoms with E-state index in [0.717, 1.165) is 5.56 Å². The molecule has 0 bridgehead atoms. The number of benzene rings is 2. The second-order valence-corrected chi connectivity index (χ2v) is 7.94. The van der Waals surface area contributed by atoms with Gasteiger partial charge in [0.25, 0.3) is 5.91 Å². The molecule has 3 heterocycles. The molecule has 1 N–H and O–H groups in total. The summed E-state index contributed by atoms with van der Waals surface area (Å²) in [5, 5.41) is 12.5. The fourth-order valence-electron chi connectivity index (χ4n) is 3.68. The normalized spacial score (nSPS) is 11.0. The molecule has 1 amide bonds. The molecule has 0 unspecified atom stereocenters. The first-order valence-electron chi connectivity index (χ1n) is 10.6. The van der Waals surface area contributed by atoms with Crippen LogP contribution in [0.3, 0.4) is 0 Å². The molecule has 0 spiro atoms. The predicted octanol–water partition coefficient (Wildman–Crippen LogP) is 3.20. The fourth-order valence-corrected chi connectivity index (χ4v) is 3.81. The Bertz CT molecular complexity index is 1530. The van der Waals surface area contributed by atoms with E-state index in [0.29, 0.717) is 27.3 Å². The number of rotatable bonds is 7. The number of nitrogens with one attached hydrogen (secondary N) is 1. The van der Waals surface area contributed by atoms with Gasteiger partial charge in [-0.25, -0.2) is 14.2 Å². The number of ether oxygens (including phenoxy) is 2. The van der Waals surface area contributed by atoms with Crippen LogP contribution in [0.4, 0.5) is 0 Å². The van der Waals surface area contributed by atoms with E-state index in [1.165, 1.54) is 18.0 Å². The predicted molar refractivity (Wildman–Crippen MR) is 128 cm³/mol. The van der Waals surface area contributed by atoms with Crippen molar-refractivity contribution in [3.8, 4) is 11.4 Å². The van der Waals surface area contributed by atoms with Crippen LogP contribution < -0.4 is 10.1 Å². The summed E-state index contributed by atoms with van der Waals surface area (Å²) in [5.74, 6) is -0.941. The number of amides is 1. The van der Waals surface area contributed by atoms with E-state index in [2.05, 4.69) is 25.2 Å². The molecule has 11 heteroatoms. The van der Waals surface area contributed by atoms with Gasteiger partial charge in [-0.1, -0.05) is 41.9 Å². The maximum atomic E-state index is 13.3. The first-order valence-corrected chi connectivity index (χ1v) is 11.0. The van der Waals surface area contributed by atoms with Gasteiger partial charge < -0.3 is 14.8 Å². The van der Waals surface area contributed by atoms with Crippen LogP contribution in [0.5, 0.6) is 5.75 Å². The lowest BCUT2D eigenvalue weighted by atomic mass is 10.2. The Morgan fingerprint density at radius 1 is 1.06 bits per heavy atom. The highest BCUT2D eigenvalue weighted by Crippen LogP contribution is 2.34. The van der Waals surface area contributed by atoms with E-state index in [-0.39, 0.29) is 24.6 Å². The van der Waals surface area contributed by atoms with Gasteiger partial charge in [-0.2, -0.15) is 10.2 Å². The third kappa shape index (κ3) is 4.26. The average Bonchev–Trinajstić information content (AvgIpc) is 3.54. The minimum absolute atomic E-state index is 0.0700. The maximum absolute atomic E-state index is 13.3. The Hall–Kier alpha value is -4.44. The molecule has 5 rings (SSSR count). The molecular formula is C24H19ClN6O4. The van der Waals surface area contributed by atoms with E-state index in [1.54, 1.807) is 35.1 Å². The molecule has 0 radical (unpaired) electrons. The van der Waals surface area contributed by atoms with Crippen molar-refractivity contribution in [3.05, 3.63) is 83.4 Å². The van der Waals surface area contributed by atoms with E-state index in [9.17, 15) is 9.59 Å². The van der Waals surface area contributed by atoms with Crippen molar-refractivity contribution in [2.75, 3.05) is 13.7 Å². The molecule has 0 saturated heterocycles. The van der Waals surface area contributed by atoms with Gasteiger partial charge >= 0.3 is 5.97 Å². The molecule has 0 aliphatic rings. The summed E-state index contributed by atoms with van der Waals surface area (Å²) >= 11 is 6.08. The van der Waals surface area contributed by atoms with Gasteiger partial charge in [0, 0.05) is 5.02 Å². The third-order valence-corrected chi connectivity index (χ3v) is 5.59. The van der Waals surface area contributed by atoms with Crippen molar-refractivity contribution in [2.24, 2.45) is 0 Å². The van der Waals surface area contributed by atoms with Crippen LogP contribution in [0.25, 0.3) is 22.2 Å². The smallest absolute Gasteiger partial charge is 0.325 e. The van der Waals surface area contributed by atoms with Gasteiger partial charge in [-0.05, 0) is 29.8 Å². The van der Waals surface area contributed by atoms with Gasteiger partial charge in [0.05, 0.1) is 24.4 Å². The van der Waals surface area contributed by atoms with Crippen LogP contribution >= 0.6 is 11.6 Å². The average molecular weight is 491 g/mol. The second-order valence-electron chi connectivity index (χ2n) is 7.50. The van der Waals surface area contributed by atoms with Crippen LogP contribution in [0, 0.1) is 0 Å². The number of fused-ring (bicyclic) bond motifs is 3. The summed E-state index contributed by atoms with van der Waals surface area (Å²) in [6.07, 6.45) is 2.98. The lowest BCUT2D eigenvalue weighted by Gasteiger charge is -2.16. The number of hydrogen-bond donors (Lipinski definition) is 1. The molecule has 0 saturated carbocycles. The topological polar surface area (TPSA) is 113 Å². The molecule has 5 aromatic rings. The highest BCUT2D eigenvalue weighted by molar-refractivity contribution is 6.30. The summed E-state index contributed by atoms with van der Waals surface area (Å²) in [5.41, 5.74) is 2.61. The van der Waals surface area contributed by atoms with Gasteiger partial charge in [0.1, 0.15) is 25.0 Å². The number of aromatic nitrogens is 5. The number of nitrogens with zero attached hydrogens (tertiary/aromatic N) is 5. The Morgan fingerprint density at radius 2 is 1.83 bits per heavy atom. The minimum Gasteiger partial charge on any atom is -0.484 e. The number of halogens is 1. The largest absolute Gasteiger partial charge is 0.484 e. The van der Waals surface area contributed by atoms with Crippen molar-refractivity contribution in [3.63, 3.8) is 0 Å². The van der Waals surface area contributed by atoms with Crippen molar-refractivity contribution in [2.45, 2.75) is 6.61 Å². The lowest BCUT2D eigenvalue weighted by Crippen LogP contribution is -2.32. The Labute approximate surface area is 204 Å². The zero-order valence-corrected chi connectivity index (χ0v) is 19.3. The SMILES string of the molecule is COC(=O)CNC(=O)c1c(OCc2ccccc2)c2c(cnn2-c2ccc(Cl)cc2)c2ncnn12. The van der Waals surface area contributed by atoms with Gasteiger partial charge in [-0.15, -0.1) is 0 Å². The van der Waals surface area contributed by atoms with Crippen LogP contribution in [-0.2, 0) is 16.1 Å². The monoisotopic (exact) mass is 490 g/mol. The first kappa shape index (κ1) is 22.4. The van der Waals surface area contributed by atoms with Gasteiger partial charge in [0.2, 0.25) is 0 Å². The van der Waals surface area contributed by atoms with Crippen LogP contribution in [0.2, 0.25) is 5.02 Å². The molecule has 176 valence electrons. The molecule has 0 fully saturated rings. The Balaban J connectivity index is 1.72. The molecule has 2 aromatic carbocycles. The van der Waals surface area contributed by atoms with E-state index < -0.39 is 11.9 Å². The van der Waals surface area contributed by atoms with Crippen LogP contribution in [0.1, 0.15) is 16.1 Å². The summed E-state index contributed by atoms with van der Waals surface area (Å²) in [6.45, 7) is -0.142. The highest BCUT2D eigenvalue weighted by atomic mass is 35.5. The van der Waals surface area contributed by atoms with Crippen molar-refractivity contribution in [1.29, 1.82) is 0 Å². The number of pyridine rings is 1. The van der Waals surface area contributed by atoms with Crippen LogP contribution in [0.15, 0.2) is 67.1 Å². The molecule has 35 heavy (non-hydrogen) atoms. The molecular weight excluding hydrogens is 472 g/mol. The minimum atomic E-state index is -0.591. The summed E-state index contributed by atoms with van der Waals surface area (Å²) in [6, 6.07) is 16.6. The van der Waals surface area contributed by atoms with Crippen molar-refractivity contribution < 1.29 is 19.1 Å². The second kappa shape index (κ2) is 9.43. The molecule has 0 atom stereocenters.